The number of aliphatic hydroxyl groups is 1. The Morgan fingerprint density at radius 3 is 2.59 bits per heavy atom. The van der Waals surface area contributed by atoms with E-state index >= 15 is 0 Å². The summed E-state index contributed by atoms with van der Waals surface area (Å²) in [5.41, 5.74) is 0. The lowest BCUT2D eigenvalue weighted by Gasteiger charge is -2.19. The third-order valence-corrected chi connectivity index (χ3v) is 3.41. The molecule has 0 aromatic carbocycles. The van der Waals surface area contributed by atoms with Crippen molar-refractivity contribution in [3.8, 4) is 0 Å². The van der Waals surface area contributed by atoms with Gasteiger partial charge >= 0.3 is 0 Å². The van der Waals surface area contributed by atoms with Crippen molar-refractivity contribution in [3.63, 3.8) is 0 Å². The molecule has 1 N–H and O–H groups in total. The van der Waals surface area contributed by atoms with Gasteiger partial charge in [0.25, 0.3) is 0 Å². The molecule has 4 nitrogen and oxygen atoms in total. The van der Waals surface area contributed by atoms with E-state index in [1.807, 2.05) is 0 Å². The van der Waals surface area contributed by atoms with Crippen LogP contribution in [0.1, 0.15) is 51.8 Å². The summed E-state index contributed by atoms with van der Waals surface area (Å²) in [6.07, 6.45) is 3.57. The Hall–Kier alpha value is -0.680. The maximum atomic E-state index is 9.09. The molecule has 1 aromatic heterocycles. The molecule has 0 fully saturated rings. The second-order valence-corrected chi connectivity index (χ2v) is 5.24. The van der Waals surface area contributed by atoms with Crippen molar-refractivity contribution >= 4 is 16.7 Å². The zero-order valence-corrected chi connectivity index (χ0v) is 11.8. The Kier molecular flexibility index (Phi) is 6.44. The van der Waals surface area contributed by atoms with E-state index in [1.165, 1.54) is 24.4 Å². The molecule has 0 aliphatic carbocycles. The molecular formula is C12H23N3OS. The molecule has 0 aliphatic rings. The Morgan fingerprint density at radius 1 is 1.29 bits per heavy atom. The topological polar surface area (TPSA) is 49.2 Å². The van der Waals surface area contributed by atoms with Crippen molar-refractivity contribution in [1.82, 2.24) is 9.36 Å². The minimum absolute atomic E-state index is 0.169. The van der Waals surface area contributed by atoms with Gasteiger partial charge in [-0.15, -0.1) is 0 Å². The third-order valence-electron chi connectivity index (χ3n) is 2.62. The zero-order chi connectivity index (χ0) is 12.7. The van der Waals surface area contributed by atoms with Gasteiger partial charge in [0.1, 0.15) is 5.82 Å². The Bertz CT molecular complexity index is 314. The highest BCUT2D eigenvalue weighted by atomic mass is 32.1. The lowest BCUT2D eigenvalue weighted by Crippen LogP contribution is -2.27. The number of hydrogen-bond acceptors (Lipinski definition) is 5. The first-order chi connectivity index (χ1) is 8.19. The van der Waals surface area contributed by atoms with Crippen LogP contribution in [-0.2, 0) is 0 Å². The second kappa shape index (κ2) is 7.61. The number of aliphatic hydroxyl groups excluding tert-OH is 1. The number of hydrogen-bond donors (Lipinski definition) is 1. The van der Waals surface area contributed by atoms with Gasteiger partial charge in [0.2, 0.25) is 5.13 Å². The molecule has 0 unspecified atom stereocenters. The first-order valence-corrected chi connectivity index (χ1v) is 7.15. The third kappa shape index (κ3) is 4.60. The number of anilines is 1. The molecule has 0 spiro atoms. The van der Waals surface area contributed by atoms with Crippen LogP contribution < -0.4 is 4.90 Å². The molecule has 1 aromatic rings. The van der Waals surface area contributed by atoms with Crippen LogP contribution in [0.4, 0.5) is 5.13 Å². The van der Waals surface area contributed by atoms with Crippen LogP contribution in [0, 0.1) is 0 Å². The van der Waals surface area contributed by atoms with Crippen molar-refractivity contribution in [2.75, 3.05) is 24.6 Å². The second-order valence-electron chi connectivity index (χ2n) is 4.51. The predicted octanol–water partition coefficient (Wildman–Crippen LogP) is 2.65. The largest absolute Gasteiger partial charge is 0.395 e. The van der Waals surface area contributed by atoms with Gasteiger partial charge in [-0.05, 0) is 6.42 Å². The normalized spacial score (nSPS) is 11.1. The van der Waals surface area contributed by atoms with Gasteiger partial charge in [-0.25, -0.2) is 4.98 Å². The summed E-state index contributed by atoms with van der Waals surface area (Å²) in [5, 5.41) is 10.0. The fraction of sp³-hybridized carbons (Fsp3) is 0.833. The van der Waals surface area contributed by atoms with Gasteiger partial charge in [-0.2, -0.15) is 4.37 Å². The smallest absolute Gasteiger partial charge is 0.205 e. The van der Waals surface area contributed by atoms with Gasteiger partial charge in [0.05, 0.1) is 6.61 Å². The van der Waals surface area contributed by atoms with E-state index in [4.69, 9.17) is 5.11 Å². The quantitative estimate of drug-likeness (QED) is 0.727. The highest BCUT2D eigenvalue weighted by molar-refractivity contribution is 7.09. The number of aromatic nitrogens is 2. The maximum Gasteiger partial charge on any atom is 0.205 e. The Morgan fingerprint density at radius 2 is 2.06 bits per heavy atom. The first-order valence-electron chi connectivity index (χ1n) is 6.38. The Labute approximate surface area is 108 Å². The molecule has 0 aliphatic heterocycles. The molecule has 0 saturated heterocycles. The fourth-order valence-electron chi connectivity index (χ4n) is 1.57. The van der Waals surface area contributed by atoms with E-state index in [1.54, 1.807) is 0 Å². The summed E-state index contributed by atoms with van der Waals surface area (Å²) >= 11 is 1.44. The summed E-state index contributed by atoms with van der Waals surface area (Å²) in [6.45, 7) is 8.16. The summed E-state index contributed by atoms with van der Waals surface area (Å²) < 4.78 is 4.35. The van der Waals surface area contributed by atoms with E-state index in [0.29, 0.717) is 12.5 Å². The molecule has 0 saturated carbocycles. The molecule has 0 atom stereocenters. The van der Waals surface area contributed by atoms with Crippen LogP contribution in [0.2, 0.25) is 0 Å². The van der Waals surface area contributed by atoms with Crippen LogP contribution in [0.5, 0.6) is 0 Å². The molecule has 0 amide bonds. The molecule has 17 heavy (non-hydrogen) atoms. The van der Waals surface area contributed by atoms with Crippen molar-refractivity contribution in [1.29, 1.82) is 0 Å². The van der Waals surface area contributed by atoms with E-state index in [2.05, 4.69) is 35.0 Å². The molecule has 1 heterocycles. The minimum atomic E-state index is 0.169. The predicted molar refractivity (Wildman–Crippen MR) is 72.8 cm³/mol. The van der Waals surface area contributed by atoms with Crippen LogP contribution >= 0.6 is 11.5 Å². The summed E-state index contributed by atoms with van der Waals surface area (Å²) in [4.78, 5) is 6.67. The minimum Gasteiger partial charge on any atom is -0.395 e. The number of rotatable bonds is 8. The average Bonchev–Trinajstić information content (AvgIpc) is 2.77. The zero-order valence-electron chi connectivity index (χ0n) is 11.0. The average molecular weight is 257 g/mol. The van der Waals surface area contributed by atoms with Crippen molar-refractivity contribution < 1.29 is 5.11 Å². The molecule has 1 rings (SSSR count). The van der Waals surface area contributed by atoms with E-state index in [9.17, 15) is 0 Å². The SMILES string of the molecule is CCCCCN(CCO)c1nc(C(C)C)ns1. The molecule has 0 radical (unpaired) electrons. The van der Waals surface area contributed by atoms with Crippen molar-refractivity contribution in [2.45, 2.75) is 46.0 Å². The molecule has 0 bridgehead atoms. The van der Waals surface area contributed by atoms with Gasteiger partial charge in [-0.3, -0.25) is 0 Å². The number of nitrogens with zero attached hydrogens (tertiary/aromatic N) is 3. The summed E-state index contributed by atoms with van der Waals surface area (Å²) in [6, 6.07) is 0. The van der Waals surface area contributed by atoms with Crippen LogP contribution in [0.15, 0.2) is 0 Å². The monoisotopic (exact) mass is 257 g/mol. The van der Waals surface area contributed by atoms with E-state index in [0.717, 1.165) is 23.9 Å². The fourth-order valence-corrected chi connectivity index (χ4v) is 2.43. The lowest BCUT2D eigenvalue weighted by atomic mass is 10.2. The van der Waals surface area contributed by atoms with Gasteiger partial charge < -0.3 is 10.0 Å². The van der Waals surface area contributed by atoms with E-state index < -0.39 is 0 Å². The first kappa shape index (κ1) is 14.4. The summed E-state index contributed by atoms with van der Waals surface area (Å²) in [5.74, 6) is 1.27. The summed E-state index contributed by atoms with van der Waals surface area (Å²) in [7, 11) is 0. The standard InChI is InChI=1S/C12H23N3OS/c1-4-5-6-7-15(8-9-16)12-13-11(10(2)3)14-17-12/h10,16H,4-9H2,1-3H3. The van der Waals surface area contributed by atoms with Crippen molar-refractivity contribution in [2.24, 2.45) is 0 Å². The van der Waals surface area contributed by atoms with Gasteiger partial charge in [0, 0.05) is 30.5 Å². The molecular weight excluding hydrogens is 234 g/mol. The van der Waals surface area contributed by atoms with Crippen LogP contribution in [0.3, 0.4) is 0 Å². The maximum absolute atomic E-state index is 9.09. The van der Waals surface area contributed by atoms with E-state index in [-0.39, 0.29) is 6.61 Å². The molecule has 98 valence electrons. The molecule has 5 heteroatoms. The van der Waals surface area contributed by atoms with Gasteiger partial charge in [-0.1, -0.05) is 33.6 Å². The van der Waals surface area contributed by atoms with Crippen LogP contribution in [0.25, 0.3) is 0 Å². The van der Waals surface area contributed by atoms with Crippen molar-refractivity contribution in [3.05, 3.63) is 5.82 Å². The lowest BCUT2D eigenvalue weighted by molar-refractivity contribution is 0.301. The highest BCUT2D eigenvalue weighted by Gasteiger charge is 2.13. The number of unbranched alkanes of at least 4 members (excludes halogenated alkanes) is 2. The highest BCUT2D eigenvalue weighted by Crippen LogP contribution is 2.21. The van der Waals surface area contributed by atoms with Gasteiger partial charge in [0.15, 0.2) is 0 Å². The van der Waals surface area contributed by atoms with Crippen LogP contribution in [-0.4, -0.2) is 34.2 Å². The Balaban J connectivity index is 2.60.